The number of anilines is 1. The second kappa shape index (κ2) is 8.28. The van der Waals surface area contributed by atoms with Crippen LogP contribution >= 0.6 is 11.6 Å². The average Bonchev–Trinajstić information content (AvgIpc) is 2.64. The summed E-state index contributed by atoms with van der Waals surface area (Å²) in [6, 6.07) is 9.95. The minimum absolute atomic E-state index is 0.0658. The molecule has 5 nitrogen and oxygen atoms in total. The van der Waals surface area contributed by atoms with Crippen molar-refractivity contribution in [2.45, 2.75) is 40.0 Å². The molecule has 0 saturated heterocycles. The minimum Gasteiger partial charge on any atom is -0.354 e. The zero-order chi connectivity index (χ0) is 20.3. The zero-order valence-corrected chi connectivity index (χ0v) is 17.3. The number of hydrogen-bond donors (Lipinski definition) is 1. The predicted octanol–water partition coefficient (Wildman–Crippen LogP) is 4.45. The van der Waals surface area contributed by atoms with E-state index in [2.05, 4.69) is 35.2 Å². The van der Waals surface area contributed by atoms with E-state index in [1.54, 1.807) is 13.1 Å². The van der Waals surface area contributed by atoms with Crippen molar-refractivity contribution in [2.75, 3.05) is 11.9 Å². The Morgan fingerprint density at radius 1 is 1.43 bits per heavy atom. The molecule has 0 bridgehead atoms. The summed E-state index contributed by atoms with van der Waals surface area (Å²) in [4.78, 5) is 20.6. The molecule has 1 aromatic carbocycles. The summed E-state index contributed by atoms with van der Waals surface area (Å²) < 4.78 is 0. The molecule has 0 unspecified atom stereocenters. The molecule has 2 aromatic rings. The van der Waals surface area contributed by atoms with Crippen molar-refractivity contribution in [1.29, 1.82) is 5.26 Å². The molecule has 28 heavy (non-hydrogen) atoms. The fourth-order valence-corrected chi connectivity index (χ4v) is 4.26. The average molecular weight is 397 g/mol. The number of nitriles is 1. The van der Waals surface area contributed by atoms with Gasteiger partial charge in [-0.2, -0.15) is 5.26 Å². The zero-order valence-electron chi connectivity index (χ0n) is 16.5. The normalized spacial score (nSPS) is 20.1. The predicted molar refractivity (Wildman–Crippen MR) is 110 cm³/mol. The highest BCUT2D eigenvalue weighted by molar-refractivity contribution is 6.30. The number of aromatic nitrogens is 2. The standard InChI is InChI=1S/C22H25ClN4O/c1-14(28)19-10-17(22(19,2)3)11-20-16(12-24)13-26-21(27-20)25-8-7-15-5-4-6-18(23)9-15/h4-6,9,13,17,19H,7-8,10-11H2,1-3H3,(H,25,26,27)/t17-,19+/m0/s1. The van der Waals surface area contributed by atoms with Gasteiger partial charge in [0.2, 0.25) is 5.95 Å². The summed E-state index contributed by atoms with van der Waals surface area (Å²) in [6.07, 6.45) is 3.92. The molecule has 1 aromatic heterocycles. The van der Waals surface area contributed by atoms with Crippen molar-refractivity contribution in [1.82, 2.24) is 9.97 Å². The largest absolute Gasteiger partial charge is 0.354 e. The van der Waals surface area contributed by atoms with Gasteiger partial charge in [-0.15, -0.1) is 0 Å². The van der Waals surface area contributed by atoms with Crippen LogP contribution in [-0.2, 0) is 17.6 Å². The lowest BCUT2D eigenvalue weighted by Crippen LogP contribution is -2.49. The van der Waals surface area contributed by atoms with Crippen LogP contribution < -0.4 is 5.32 Å². The fraction of sp³-hybridized carbons (Fsp3) is 0.455. The first-order valence-corrected chi connectivity index (χ1v) is 9.94. The van der Waals surface area contributed by atoms with Crippen LogP contribution in [-0.4, -0.2) is 22.3 Å². The third kappa shape index (κ3) is 4.34. The lowest BCUT2D eigenvalue weighted by Gasteiger charge is -2.51. The molecule has 0 aliphatic heterocycles. The minimum atomic E-state index is -0.0658. The molecule has 0 amide bonds. The van der Waals surface area contributed by atoms with Crippen molar-refractivity contribution < 1.29 is 4.79 Å². The second-order valence-corrected chi connectivity index (χ2v) is 8.53. The third-order valence-electron chi connectivity index (χ3n) is 5.97. The monoisotopic (exact) mass is 396 g/mol. The van der Waals surface area contributed by atoms with Crippen LogP contribution in [0, 0.1) is 28.6 Å². The first kappa shape index (κ1) is 20.3. The summed E-state index contributed by atoms with van der Waals surface area (Å²) in [5, 5.41) is 13.4. The van der Waals surface area contributed by atoms with Gasteiger partial charge in [-0.05, 0) is 55.2 Å². The van der Waals surface area contributed by atoms with E-state index in [0.29, 0.717) is 30.4 Å². The van der Waals surface area contributed by atoms with E-state index in [4.69, 9.17) is 11.6 Å². The van der Waals surface area contributed by atoms with Gasteiger partial charge in [-0.25, -0.2) is 9.97 Å². The molecule has 1 saturated carbocycles. The van der Waals surface area contributed by atoms with Gasteiger partial charge in [0, 0.05) is 17.5 Å². The van der Waals surface area contributed by atoms with E-state index < -0.39 is 0 Å². The topological polar surface area (TPSA) is 78.7 Å². The Labute approximate surface area is 171 Å². The highest BCUT2D eigenvalue weighted by atomic mass is 35.5. The summed E-state index contributed by atoms with van der Waals surface area (Å²) in [6.45, 7) is 6.60. The van der Waals surface area contributed by atoms with E-state index in [1.807, 2.05) is 24.3 Å². The number of nitrogens with one attached hydrogen (secondary N) is 1. The Morgan fingerprint density at radius 3 is 2.86 bits per heavy atom. The third-order valence-corrected chi connectivity index (χ3v) is 6.21. The highest BCUT2D eigenvalue weighted by Crippen LogP contribution is 2.52. The van der Waals surface area contributed by atoms with E-state index in [0.717, 1.165) is 29.1 Å². The fourth-order valence-electron chi connectivity index (χ4n) is 4.05. The quantitative estimate of drug-likeness (QED) is 0.747. The Morgan fingerprint density at radius 2 is 2.21 bits per heavy atom. The van der Waals surface area contributed by atoms with Crippen LogP contribution in [0.5, 0.6) is 0 Å². The van der Waals surface area contributed by atoms with Gasteiger partial charge >= 0.3 is 0 Å². The number of carbonyl (C=O) groups is 1. The van der Waals surface area contributed by atoms with Gasteiger partial charge < -0.3 is 5.32 Å². The number of ketones is 1. The molecule has 2 atom stereocenters. The molecule has 1 heterocycles. The van der Waals surface area contributed by atoms with Crippen LogP contribution in [0.2, 0.25) is 5.02 Å². The Kier molecular flexibility index (Phi) is 6.00. The molecular weight excluding hydrogens is 372 g/mol. The van der Waals surface area contributed by atoms with Crippen LogP contribution in [0.3, 0.4) is 0 Å². The highest BCUT2D eigenvalue weighted by Gasteiger charge is 2.50. The first-order valence-electron chi connectivity index (χ1n) is 9.56. The smallest absolute Gasteiger partial charge is 0.222 e. The molecule has 1 aliphatic rings. The molecule has 0 spiro atoms. The van der Waals surface area contributed by atoms with E-state index in [1.165, 1.54) is 0 Å². The molecular formula is C22H25ClN4O. The van der Waals surface area contributed by atoms with Gasteiger partial charge in [-0.3, -0.25) is 4.79 Å². The summed E-state index contributed by atoms with van der Waals surface area (Å²) >= 11 is 6.02. The van der Waals surface area contributed by atoms with Gasteiger partial charge in [0.05, 0.1) is 17.5 Å². The summed E-state index contributed by atoms with van der Waals surface area (Å²) in [5.41, 5.74) is 2.33. The number of carbonyl (C=O) groups excluding carboxylic acids is 1. The number of benzene rings is 1. The molecule has 1 aliphatic carbocycles. The maximum atomic E-state index is 11.8. The van der Waals surface area contributed by atoms with E-state index >= 15 is 0 Å². The Hall–Kier alpha value is -2.45. The lowest BCUT2D eigenvalue weighted by atomic mass is 9.52. The number of nitrogens with zero attached hydrogens (tertiary/aromatic N) is 3. The van der Waals surface area contributed by atoms with E-state index in [-0.39, 0.29) is 17.1 Å². The Balaban J connectivity index is 1.65. The maximum Gasteiger partial charge on any atom is 0.222 e. The number of hydrogen-bond acceptors (Lipinski definition) is 5. The van der Waals surface area contributed by atoms with Gasteiger partial charge in [-0.1, -0.05) is 37.6 Å². The molecule has 146 valence electrons. The van der Waals surface area contributed by atoms with E-state index in [9.17, 15) is 10.1 Å². The SMILES string of the molecule is CC(=O)[C@H]1C[C@@H](Cc2nc(NCCc3cccc(Cl)c3)ncc2C#N)C1(C)C. The molecule has 0 radical (unpaired) electrons. The molecule has 6 heteroatoms. The Bertz CT molecular complexity index is 919. The van der Waals surface area contributed by atoms with Crippen molar-refractivity contribution in [3.05, 3.63) is 52.3 Å². The summed E-state index contributed by atoms with van der Waals surface area (Å²) in [5.74, 6) is 1.20. The van der Waals surface area contributed by atoms with Crippen molar-refractivity contribution >= 4 is 23.3 Å². The summed E-state index contributed by atoms with van der Waals surface area (Å²) in [7, 11) is 0. The van der Waals surface area contributed by atoms with Crippen LogP contribution in [0.15, 0.2) is 30.5 Å². The number of Topliss-reactive ketones (excluding diaryl/α,β-unsaturated/α-hetero) is 1. The van der Waals surface area contributed by atoms with Crippen LogP contribution in [0.4, 0.5) is 5.95 Å². The first-order chi connectivity index (χ1) is 13.3. The maximum absolute atomic E-state index is 11.8. The van der Waals surface area contributed by atoms with Crippen LogP contribution in [0.1, 0.15) is 44.0 Å². The number of rotatable bonds is 7. The second-order valence-electron chi connectivity index (χ2n) is 8.09. The molecule has 1 N–H and O–H groups in total. The van der Waals surface area contributed by atoms with Crippen LogP contribution in [0.25, 0.3) is 0 Å². The van der Waals surface area contributed by atoms with Crippen molar-refractivity contribution in [2.24, 2.45) is 17.3 Å². The lowest BCUT2D eigenvalue weighted by molar-refractivity contribution is -0.136. The van der Waals surface area contributed by atoms with Gasteiger partial charge in [0.1, 0.15) is 11.9 Å². The number of halogens is 1. The molecule has 1 fully saturated rings. The van der Waals surface area contributed by atoms with Gasteiger partial charge in [0.25, 0.3) is 0 Å². The van der Waals surface area contributed by atoms with Crippen molar-refractivity contribution in [3.8, 4) is 6.07 Å². The molecule has 3 rings (SSSR count). The van der Waals surface area contributed by atoms with Gasteiger partial charge in [0.15, 0.2) is 0 Å². The van der Waals surface area contributed by atoms with Crippen molar-refractivity contribution in [3.63, 3.8) is 0 Å².